The fourth-order valence-electron chi connectivity index (χ4n) is 3.23. The summed E-state index contributed by atoms with van der Waals surface area (Å²) in [6, 6.07) is 23.0. The highest BCUT2D eigenvalue weighted by Crippen LogP contribution is 2.19. The number of hydrogen-bond donors (Lipinski definition) is 1. The molecule has 0 aromatic heterocycles. The lowest BCUT2D eigenvalue weighted by molar-refractivity contribution is 0.316. The van der Waals surface area contributed by atoms with E-state index >= 15 is 0 Å². The smallest absolute Gasteiger partial charge is 0.0110 e. The van der Waals surface area contributed by atoms with Crippen LogP contribution in [0.5, 0.6) is 0 Å². The molecule has 1 N–H and O–H groups in total. The third-order valence-corrected chi connectivity index (χ3v) is 4.23. The van der Waals surface area contributed by atoms with Gasteiger partial charge in [0.25, 0.3) is 0 Å². The Bertz CT molecular complexity index is 458. The molecule has 104 valence electrons. The van der Waals surface area contributed by atoms with Crippen LogP contribution in [0.1, 0.15) is 30.4 Å². The maximum atomic E-state index is 3.85. The van der Waals surface area contributed by atoms with Crippen molar-refractivity contribution in [3.05, 3.63) is 71.8 Å². The zero-order valence-electron chi connectivity index (χ0n) is 12.0. The fourth-order valence-corrected chi connectivity index (χ4v) is 3.23. The predicted octanol–water partition coefficient (Wildman–Crippen LogP) is 3.98. The Labute approximate surface area is 122 Å². The molecule has 0 saturated carbocycles. The van der Waals surface area contributed by atoms with Crippen LogP contribution in [-0.2, 0) is 12.8 Å². The predicted molar refractivity (Wildman–Crippen MR) is 84.9 cm³/mol. The van der Waals surface area contributed by atoms with Gasteiger partial charge in [-0.2, -0.15) is 0 Å². The SMILES string of the molecule is c1ccc(CC2CCCC(Cc3ccccc3)N2)cc1. The minimum absolute atomic E-state index is 0.639. The fraction of sp³-hybridized carbons (Fsp3) is 0.368. The first kappa shape index (κ1) is 13.4. The Hall–Kier alpha value is -1.60. The molecule has 2 aromatic rings. The zero-order chi connectivity index (χ0) is 13.6. The zero-order valence-corrected chi connectivity index (χ0v) is 12.0. The molecule has 2 unspecified atom stereocenters. The quantitative estimate of drug-likeness (QED) is 0.881. The Kier molecular flexibility index (Phi) is 4.49. The Morgan fingerprint density at radius 3 is 1.60 bits per heavy atom. The van der Waals surface area contributed by atoms with Crippen LogP contribution in [0.25, 0.3) is 0 Å². The van der Waals surface area contributed by atoms with E-state index in [9.17, 15) is 0 Å². The van der Waals surface area contributed by atoms with Crippen LogP contribution in [0.3, 0.4) is 0 Å². The molecule has 0 aliphatic carbocycles. The highest BCUT2D eigenvalue weighted by Gasteiger charge is 2.21. The summed E-state index contributed by atoms with van der Waals surface area (Å²) in [6.45, 7) is 0. The van der Waals surface area contributed by atoms with Crippen LogP contribution in [0.4, 0.5) is 0 Å². The van der Waals surface area contributed by atoms with Crippen LogP contribution in [0, 0.1) is 0 Å². The van der Waals surface area contributed by atoms with Crippen molar-refractivity contribution < 1.29 is 0 Å². The van der Waals surface area contributed by atoms with Crippen LogP contribution in [-0.4, -0.2) is 12.1 Å². The molecule has 1 aliphatic rings. The lowest BCUT2D eigenvalue weighted by Gasteiger charge is -2.31. The summed E-state index contributed by atoms with van der Waals surface area (Å²) < 4.78 is 0. The lowest BCUT2D eigenvalue weighted by atomic mass is 9.91. The Morgan fingerprint density at radius 1 is 0.700 bits per heavy atom. The first-order chi connectivity index (χ1) is 9.90. The van der Waals surface area contributed by atoms with Crippen molar-refractivity contribution in [3.63, 3.8) is 0 Å². The molecule has 20 heavy (non-hydrogen) atoms. The van der Waals surface area contributed by atoms with Gasteiger partial charge in [0.05, 0.1) is 0 Å². The summed E-state index contributed by atoms with van der Waals surface area (Å²) in [5, 5.41) is 3.85. The van der Waals surface area contributed by atoms with Crippen molar-refractivity contribution in [2.75, 3.05) is 0 Å². The topological polar surface area (TPSA) is 12.0 Å². The monoisotopic (exact) mass is 265 g/mol. The summed E-state index contributed by atoms with van der Waals surface area (Å²) in [4.78, 5) is 0. The van der Waals surface area contributed by atoms with Gasteiger partial charge >= 0.3 is 0 Å². The standard InChI is InChI=1S/C19H23N/c1-3-8-16(9-4-1)14-18-12-7-13-19(20-18)15-17-10-5-2-6-11-17/h1-6,8-11,18-20H,7,12-15H2. The van der Waals surface area contributed by atoms with Gasteiger partial charge < -0.3 is 5.32 Å². The molecular weight excluding hydrogens is 242 g/mol. The second kappa shape index (κ2) is 6.71. The molecule has 0 radical (unpaired) electrons. The molecule has 1 saturated heterocycles. The largest absolute Gasteiger partial charge is 0.311 e. The molecule has 1 aliphatic heterocycles. The van der Waals surface area contributed by atoms with Crippen molar-refractivity contribution in [1.82, 2.24) is 5.32 Å². The summed E-state index contributed by atoms with van der Waals surface area (Å²) >= 11 is 0. The number of hydrogen-bond acceptors (Lipinski definition) is 1. The second-order valence-corrected chi connectivity index (χ2v) is 5.87. The van der Waals surface area contributed by atoms with Gasteiger partial charge in [-0.25, -0.2) is 0 Å². The van der Waals surface area contributed by atoms with Gasteiger partial charge in [0.15, 0.2) is 0 Å². The van der Waals surface area contributed by atoms with Gasteiger partial charge in [-0.1, -0.05) is 67.1 Å². The molecule has 1 fully saturated rings. The number of rotatable bonds is 4. The van der Waals surface area contributed by atoms with Gasteiger partial charge in [0, 0.05) is 12.1 Å². The molecule has 1 nitrogen and oxygen atoms in total. The van der Waals surface area contributed by atoms with Crippen molar-refractivity contribution in [2.24, 2.45) is 0 Å². The van der Waals surface area contributed by atoms with Crippen molar-refractivity contribution >= 4 is 0 Å². The van der Waals surface area contributed by atoms with Crippen LogP contribution in [0.2, 0.25) is 0 Å². The van der Waals surface area contributed by atoms with Gasteiger partial charge in [-0.3, -0.25) is 0 Å². The van der Waals surface area contributed by atoms with Crippen LogP contribution >= 0.6 is 0 Å². The maximum absolute atomic E-state index is 3.85. The third-order valence-electron chi connectivity index (χ3n) is 4.23. The summed E-state index contributed by atoms with van der Waals surface area (Å²) in [5.74, 6) is 0. The van der Waals surface area contributed by atoms with Crippen LogP contribution < -0.4 is 5.32 Å². The summed E-state index contributed by atoms with van der Waals surface area (Å²) in [7, 11) is 0. The van der Waals surface area contributed by atoms with Gasteiger partial charge in [0.1, 0.15) is 0 Å². The molecule has 0 spiro atoms. The molecule has 0 amide bonds. The molecule has 1 heterocycles. The first-order valence-corrected chi connectivity index (χ1v) is 7.74. The van der Waals surface area contributed by atoms with Crippen molar-refractivity contribution in [1.29, 1.82) is 0 Å². The molecule has 0 bridgehead atoms. The molecule has 2 aromatic carbocycles. The average molecular weight is 265 g/mol. The number of benzene rings is 2. The van der Waals surface area contributed by atoms with E-state index in [1.807, 2.05) is 0 Å². The van der Waals surface area contributed by atoms with E-state index in [2.05, 4.69) is 66.0 Å². The van der Waals surface area contributed by atoms with E-state index in [0.717, 1.165) is 12.8 Å². The minimum atomic E-state index is 0.639. The van der Waals surface area contributed by atoms with Gasteiger partial charge in [-0.15, -0.1) is 0 Å². The maximum Gasteiger partial charge on any atom is 0.0110 e. The lowest BCUT2D eigenvalue weighted by Crippen LogP contribution is -2.44. The molecule has 2 atom stereocenters. The normalized spacial score (nSPS) is 22.6. The number of piperidine rings is 1. The molecule has 1 heteroatoms. The third kappa shape index (κ3) is 3.71. The Morgan fingerprint density at radius 2 is 1.15 bits per heavy atom. The molecular formula is C19H23N. The highest BCUT2D eigenvalue weighted by atomic mass is 15.0. The highest BCUT2D eigenvalue weighted by molar-refractivity contribution is 5.18. The van der Waals surface area contributed by atoms with E-state index in [1.54, 1.807) is 0 Å². The average Bonchev–Trinajstić information content (AvgIpc) is 2.50. The minimum Gasteiger partial charge on any atom is -0.311 e. The molecule has 3 rings (SSSR count). The van der Waals surface area contributed by atoms with Gasteiger partial charge in [-0.05, 0) is 36.8 Å². The van der Waals surface area contributed by atoms with E-state index in [1.165, 1.54) is 30.4 Å². The summed E-state index contributed by atoms with van der Waals surface area (Å²) in [5.41, 5.74) is 2.90. The first-order valence-electron chi connectivity index (χ1n) is 7.74. The van der Waals surface area contributed by atoms with Crippen LogP contribution in [0.15, 0.2) is 60.7 Å². The van der Waals surface area contributed by atoms with E-state index in [-0.39, 0.29) is 0 Å². The summed E-state index contributed by atoms with van der Waals surface area (Å²) in [6.07, 6.45) is 6.28. The van der Waals surface area contributed by atoms with Crippen molar-refractivity contribution in [3.8, 4) is 0 Å². The van der Waals surface area contributed by atoms with Gasteiger partial charge in [0.2, 0.25) is 0 Å². The van der Waals surface area contributed by atoms with E-state index in [4.69, 9.17) is 0 Å². The second-order valence-electron chi connectivity index (χ2n) is 5.87. The van der Waals surface area contributed by atoms with E-state index < -0.39 is 0 Å². The Balaban J connectivity index is 1.57. The number of nitrogens with one attached hydrogen (secondary N) is 1. The van der Waals surface area contributed by atoms with Crippen molar-refractivity contribution in [2.45, 2.75) is 44.2 Å². The van der Waals surface area contributed by atoms with E-state index in [0.29, 0.717) is 12.1 Å².